The Bertz CT molecular complexity index is 630. The van der Waals surface area contributed by atoms with Crippen molar-refractivity contribution in [2.45, 2.75) is 58.1 Å². The number of hydrogen-bond acceptors (Lipinski definition) is 4. The molecule has 5 nitrogen and oxygen atoms in total. The van der Waals surface area contributed by atoms with E-state index in [0.29, 0.717) is 25.0 Å². The summed E-state index contributed by atoms with van der Waals surface area (Å²) in [5.74, 6) is 0.941. The van der Waals surface area contributed by atoms with Gasteiger partial charge in [0, 0.05) is 39.1 Å². The van der Waals surface area contributed by atoms with E-state index in [-0.39, 0.29) is 17.6 Å². The molecule has 28 heavy (non-hydrogen) atoms. The number of amides is 1. The van der Waals surface area contributed by atoms with Crippen LogP contribution in [0.4, 0.5) is 0 Å². The average Bonchev–Trinajstić information content (AvgIpc) is 2.66. The second-order valence-corrected chi connectivity index (χ2v) is 8.97. The number of nitrogens with zero attached hydrogens (tertiary/aromatic N) is 1. The molecule has 156 valence electrons. The molecule has 1 amide bonds. The zero-order valence-electron chi connectivity index (χ0n) is 17.9. The Morgan fingerprint density at radius 3 is 2.32 bits per heavy atom. The van der Waals surface area contributed by atoms with Crippen molar-refractivity contribution in [3.05, 3.63) is 35.4 Å². The highest BCUT2D eigenvalue weighted by Gasteiger charge is 2.38. The molecule has 1 atom stereocenters. The highest BCUT2D eigenvalue weighted by molar-refractivity contribution is 5.78. The van der Waals surface area contributed by atoms with Gasteiger partial charge in [-0.15, -0.1) is 0 Å². The number of morpholine rings is 1. The van der Waals surface area contributed by atoms with Crippen LogP contribution in [-0.2, 0) is 14.3 Å². The number of carbonyl (C=O) groups is 1. The van der Waals surface area contributed by atoms with Gasteiger partial charge in [0.25, 0.3) is 0 Å². The Labute approximate surface area is 169 Å². The number of nitrogens with one attached hydrogen (secondary N) is 1. The van der Waals surface area contributed by atoms with Crippen molar-refractivity contribution < 1.29 is 14.3 Å². The van der Waals surface area contributed by atoms with Gasteiger partial charge >= 0.3 is 0 Å². The fourth-order valence-corrected chi connectivity index (χ4v) is 4.25. The Morgan fingerprint density at radius 2 is 1.71 bits per heavy atom. The zero-order chi connectivity index (χ0) is 20.1. The Balaban J connectivity index is 1.59. The average molecular weight is 389 g/mol. The van der Waals surface area contributed by atoms with Crippen molar-refractivity contribution in [3.8, 4) is 0 Å². The summed E-state index contributed by atoms with van der Waals surface area (Å²) < 4.78 is 11.6. The van der Waals surface area contributed by atoms with Crippen LogP contribution in [-0.4, -0.2) is 55.9 Å². The van der Waals surface area contributed by atoms with Crippen molar-refractivity contribution in [2.24, 2.45) is 5.92 Å². The molecule has 1 spiro atoms. The number of ether oxygens (including phenoxy) is 2. The van der Waals surface area contributed by atoms with E-state index in [1.54, 1.807) is 0 Å². The minimum atomic E-state index is -0.124. The topological polar surface area (TPSA) is 50.8 Å². The third-order valence-electron chi connectivity index (χ3n) is 6.04. The molecule has 0 aliphatic carbocycles. The molecule has 2 aliphatic rings. The van der Waals surface area contributed by atoms with Crippen molar-refractivity contribution in [1.29, 1.82) is 0 Å². The van der Waals surface area contributed by atoms with Gasteiger partial charge < -0.3 is 14.8 Å². The lowest BCUT2D eigenvalue weighted by Gasteiger charge is -2.44. The van der Waals surface area contributed by atoms with E-state index in [4.69, 9.17) is 9.47 Å². The zero-order valence-corrected chi connectivity index (χ0v) is 17.9. The maximum atomic E-state index is 12.8. The smallest absolute Gasteiger partial charge is 0.234 e. The molecular formula is C23H36N2O3. The van der Waals surface area contributed by atoms with Crippen LogP contribution in [0.2, 0.25) is 0 Å². The molecular weight excluding hydrogens is 352 g/mol. The normalized spacial score (nSPS) is 21.2. The molecule has 1 unspecified atom stereocenters. The molecule has 1 aromatic rings. The summed E-state index contributed by atoms with van der Waals surface area (Å²) in [6, 6.07) is 8.71. The van der Waals surface area contributed by atoms with E-state index < -0.39 is 0 Å². The van der Waals surface area contributed by atoms with Gasteiger partial charge in [0.05, 0.1) is 24.8 Å². The van der Waals surface area contributed by atoms with Crippen molar-refractivity contribution >= 4 is 5.91 Å². The van der Waals surface area contributed by atoms with Gasteiger partial charge in [-0.05, 0) is 23.0 Å². The van der Waals surface area contributed by atoms with E-state index in [1.165, 1.54) is 11.1 Å². The summed E-state index contributed by atoms with van der Waals surface area (Å²) >= 11 is 0. The SMILES string of the molecule is CC(C)c1ccc(C(NC(=O)CN2CCOC3(CCOCC3)C2)C(C)C)cc1. The van der Waals surface area contributed by atoms with Crippen molar-refractivity contribution in [1.82, 2.24) is 10.2 Å². The lowest BCUT2D eigenvalue weighted by atomic mass is 9.92. The van der Waals surface area contributed by atoms with Crippen LogP contribution in [0.3, 0.4) is 0 Å². The maximum absolute atomic E-state index is 12.8. The van der Waals surface area contributed by atoms with Gasteiger partial charge in [0.1, 0.15) is 0 Å². The number of benzene rings is 1. The third-order valence-corrected chi connectivity index (χ3v) is 6.04. The Hall–Kier alpha value is -1.43. The molecule has 0 aromatic heterocycles. The number of rotatable bonds is 6. The molecule has 0 saturated carbocycles. The van der Waals surface area contributed by atoms with Crippen LogP contribution in [0.25, 0.3) is 0 Å². The monoisotopic (exact) mass is 388 g/mol. The molecule has 2 fully saturated rings. The van der Waals surface area contributed by atoms with E-state index in [0.717, 1.165) is 39.1 Å². The van der Waals surface area contributed by atoms with E-state index in [9.17, 15) is 4.79 Å². The summed E-state index contributed by atoms with van der Waals surface area (Å²) in [4.78, 5) is 15.1. The van der Waals surface area contributed by atoms with Crippen LogP contribution in [0, 0.1) is 5.92 Å². The molecule has 0 radical (unpaired) electrons. The highest BCUT2D eigenvalue weighted by Crippen LogP contribution is 2.29. The predicted molar refractivity (Wildman–Crippen MR) is 111 cm³/mol. The number of hydrogen-bond donors (Lipinski definition) is 1. The van der Waals surface area contributed by atoms with E-state index in [2.05, 4.69) is 62.2 Å². The first-order valence-corrected chi connectivity index (χ1v) is 10.7. The summed E-state index contributed by atoms with van der Waals surface area (Å²) in [5.41, 5.74) is 2.38. The maximum Gasteiger partial charge on any atom is 0.234 e. The van der Waals surface area contributed by atoms with E-state index in [1.807, 2.05) is 0 Å². The molecule has 3 rings (SSSR count). The van der Waals surface area contributed by atoms with Crippen LogP contribution in [0.1, 0.15) is 63.6 Å². The molecule has 1 aromatic carbocycles. The molecule has 2 aliphatic heterocycles. The fourth-order valence-electron chi connectivity index (χ4n) is 4.25. The molecule has 1 N–H and O–H groups in total. The van der Waals surface area contributed by atoms with Crippen molar-refractivity contribution in [2.75, 3.05) is 39.5 Å². The highest BCUT2D eigenvalue weighted by atomic mass is 16.5. The first-order chi connectivity index (χ1) is 13.4. The summed E-state index contributed by atoms with van der Waals surface area (Å²) in [6.45, 7) is 13.0. The minimum Gasteiger partial charge on any atom is -0.381 e. The predicted octanol–water partition coefficient (Wildman–Crippen LogP) is 3.50. The van der Waals surface area contributed by atoms with Gasteiger partial charge in [-0.1, -0.05) is 52.0 Å². The van der Waals surface area contributed by atoms with Crippen LogP contribution >= 0.6 is 0 Å². The van der Waals surface area contributed by atoms with Gasteiger partial charge in [0.15, 0.2) is 0 Å². The molecule has 5 heteroatoms. The van der Waals surface area contributed by atoms with Gasteiger partial charge in [0.2, 0.25) is 5.91 Å². The van der Waals surface area contributed by atoms with Gasteiger partial charge in [-0.3, -0.25) is 9.69 Å². The van der Waals surface area contributed by atoms with Crippen LogP contribution in [0.5, 0.6) is 0 Å². The Morgan fingerprint density at radius 1 is 1.07 bits per heavy atom. The number of carbonyl (C=O) groups excluding carboxylic acids is 1. The lowest BCUT2D eigenvalue weighted by molar-refractivity contribution is -0.156. The molecule has 2 saturated heterocycles. The fraction of sp³-hybridized carbons (Fsp3) is 0.696. The summed E-state index contributed by atoms with van der Waals surface area (Å²) in [6.07, 6.45) is 1.84. The second-order valence-electron chi connectivity index (χ2n) is 8.97. The second kappa shape index (κ2) is 9.38. The summed E-state index contributed by atoms with van der Waals surface area (Å²) in [5, 5.41) is 3.27. The minimum absolute atomic E-state index is 0.0341. The van der Waals surface area contributed by atoms with Crippen molar-refractivity contribution in [3.63, 3.8) is 0 Å². The Kier molecular flexibility index (Phi) is 7.13. The first kappa shape index (κ1) is 21.3. The quantitative estimate of drug-likeness (QED) is 0.810. The molecule has 2 heterocycles. The third kappa shape index (κ3) is 5.34. The van der Waals surface area contributed by atoms with Crippen LogP contribution < -0.4 is 5.32 Å². The van der Waals surface area contributed by atoms with Gasteiger partial charge in [-0.25, -0.2) is 0 Å². The van der Waals surface area contributed by atoms with E-state index >= 15 is 0 Å². The molecule has 0 bridgehead atoms. The summed E-state index contributed by atoms with van der Waals surface area (Å²) in [7, 11) is 0. The first-order valence-electron chi connectivity index (χ1n) is 10.7. The van der Waals surface area contributed by atoms with Gasteiger partial charge in [-0.2, -0.15) is 0 Å². The lowest BCUT2D eigenvalue weighted by Crippen LogP contribution is -2.56. The standard InChI is InChI=1S/C23H36N2O3/c1-17(2)19-5-7-20(8-6-19)22(18(3)4)24-21(26)15-25-11-14-28-23(16-25)9-12-27-13-10-23/h5-8,17-18,22H,9-16H2,1-4H3,(H,24,26). The van der Waals surface area contributed by atoms with Crippen LogP contribution in [0.15, 0.2) is 24.3 Å². The largest absolute Gasteiger partial charge is 0.381 e.